The summed E-state index contributed by atoms with van der Waals surface area (Å²) in [6.45, 7) is 0.636. The van der Waals surface area contributed by atoms with Crippen LogP contribution in [0.3, 0.4) is 0 Å². The Morgan fingerprint density at radius 1 is 1.18 bits per heavy atom. The SMILES string of the molecule is O=C1Nc2ccccc2C12CCNC2c1c(F)cccc1Cl. The van der Waals surface area contributed by atoms with Crippen molar-refractivity contribution < 1.29 is 9.18 Å². The molecule has 2 aromatic carbocycles. The molecule has 3 nitrogen and oxygen atoms in total. The normalized spacial score (nSPS) is 26.3. The Labute approximate surface area is 132 Å². The average Bonchev–Trinajstić information content (AvgIpc) is 3.04. The van der Waals surface area contributed by atoms with Crippen LogP contribution in [0.1, 0.15) is 23.6 Å². The third kappa shape index (κ3) is 1.68. The lowest BCUT2D eigenvalue weighted by atomic mass is 9.73. The van der Waals surface area contributed by atoms with Crippen molar-refractivity contribution in [3.63, 3.8) is 0 Å². The van der Waals surface area contributed by atoms with E-state index in [0.29, 0.717) is 23.6 Å². The highest BCUT2D eigenvalue weighted by atomic mass is 35.5. The van der Waals surface area contributed by atoms with Crippen LogP contribution >= 0.6 is 11.6 Å². The van der Waals surface area contributed by atoms with Crippen LogP contribution in [0.25, 0.3) is 0 Å². The molecule has 2 heterocycles. The van der Waals surface area contributed by atoms with Crippen LogP contribution in [0.15, 0.2) is 42.5 Å². The summed E-state index contributed by atoms with van der Waals surface area (Å²) in [4.78, 5) is 12.7. The summed E-state index contributed by atoms with van der Waals surface area (Å²) in [5.41, 5.74) is 1.28. The number of amides is 1. The third-order valence-electron chi connectivity index (χ3n) is 4.71. The number of halogens is 2. The molecule has 2 aliphatic heterocycles. The Morgan fingerprint density at radius 3 is 2.82 bits per heavy atom. The van der Waals surface area contributed by atoms with Crippen molar-refractivity contribution in [3.05, 3.63) is 64.4 Å². The summed E-state index contributed by atoms with van der Waals surface area (Å²) in [6, 6.07) is 11.7. The highest BCUT2D eigenvalue weighted by Crippen LogP contribution is 2.52. The molecule has 0 aromatic heterocycles. The van der Waals surface area contributed by atoms with Gasteiger partial charge in [0.25, 0.3) is 0 Å². The van der Waals surface area contributed by atoms with E-state index in [0.717, 1.165) is 11.3 Å². The van der Waals surface area contributed by atoms with Crippen LogP contribution in [0, 0.1) is 5.82 Å². The third-order valence-corrected chi connectivity index (χ3v) is 5.04. The molecule has 5 heteroatoms. The number of fused-ring (bicyclic) bond motifs is 2. The van der Waals surface area contributed by atoms with Crippen LogP contribution < -0.4 is 10.6 Å². The smallest absolute Gasteiger partial charge is 0.237 e. The molecule has 22 heavy (non-hydrogen) atoms. The summed E-state index contributed by atoms with van der Waals surface area (Å²) >= 11 is 6.23. The molecule has 2 aliphatic rings. The molecule has 2 unspecified atom stereocenters. The Kier molecular flexibility index (Phi) is 2.99. The van der Waals surface area contributed by atoms with Gasteiger partial charge in [-0.15, -0.1) is 0 Å². The highest BCUT2D eigenvalue weighted by molar-refractivity contribution is 6.31. The largest absolute Gasteiger partial charge is 0.325 e. The summed E-state index contributed by atoms with van der Waals surface area (Å²) in [6.07, 6.45) is 0.616. The van der Waals surface area contributed by atoms with Gasteiger partial charge in [0.2, 0.25) is 5.91 Å². The minimum absolute atomic E-state index is 0.0944. The number of nitrogens with one attached hydrogen (secondary N) is 2. The Morgan fingerprint density at radius 2 is 2.00 bits per heavy atom. The highest BCUT2D eigenvalue weighted by Gasteiger charge is 2.56. The lowest BCUT2D eigenvalue weighted by Gasteiger charge is -2.30. The maximum absolute atomic E-state index is 14.4. The fourth-order valence-electron chi connectivity index (χ4n) is 3.74. The molecule has 0 aliphatic carbocycles. The van der Waals surface area contributed by atoms with Gasteiger partial charge in [-0.25, -0.2) is 4.39 Å². The predicted molar refractivity (Wildman–Crippen MR) is 83.5 cm³/mol. The molecule has 112 valence electrons. The molecular weight excluding hydrogens is 303 g/mol. The van der Waals surface area contributed by atoms with Crippen LogP contribution in [-0.4, -0.2) is 12.5 Å². The molecule has 1 spiro atoms. The van der Waals surface area contributed by atoms with Gasteiger partial charge in [0, 0.05) is 16.3 Å². The molecular formula is C17H14ClFN2O. The Balaban J connectivity index is 1.94. The fraction of sp³-hybridized carbons (Fsp3) is 0.235. The van der Waals surface area contributed by atoms with E-state index < -0.39 is 11.5 Å². The summed E-state index contributed by atoms with van der Waals surface area (Å²) in [7, 11) is 0. The molecule has 1 fully saturated rings. The number of rotatable bonds is 1. The molecule has 2 N–H and O–H groups in total. The van der Waals surface area contributed by atoms with Gasteiger partial charge in [-0.3, -0.25) is 4.79 Å². The number of anilines is 1. The minimum Gasteiger partial charge on any atom is -0.325 e. The first kappa shape index (κ1) is 13.7. The van der Waals surface area contributed by atoms with Crippen LogP contribution in [0.4, 0.5) is 10.1 Å². The van der Waals surface area contributed by atoms with E-state index in [1.807, 2.05) is 24.3 Å². The number of hydrogen-bond donors (Lipinski definition) is 2. The van der Waals surface area contributed by atoms with Crippen molar-refractivity contribution >= 4 is 23.2 Å². The number of carbonyl (C=O) groups is 1. The number of para-hydroxylation sites is 1. The molecule has 2 aromatic rings. The molecule has 1 saturated heterocycles. The molecule has 2 atom stereocenters. The van der Waals surface area contributed by atoms with E-state index in [4.69, 9.17) is 11.6 Å². The van der Waals surface area contributed by atoms with E-state index >= 15 is 0 Å². The van der Waals surface area contributed by atoms with Gasteiger partial charge in [0.15, 0.2) is 0 Å². The van der Waals surface area contributed by atoms with Gasteiger partial charge < -0.3 is 10.6 Å². The van der Waals surface area contributed by atoms with Crippen molar-refractivity contribution in [1.82, 2.24) is 5.32 Å². The topological polar surface area (TPSA) is 41.1 Å². The Hall–Kier alpha value is -1.91. The van der Waals surface area contributed by atoms with Crippen molar-refractivity contribution in [2.24, 2.45) is 0 Å². The van der Waals surface area contributed by atoms with Gasteiger partial charge in [0.1, 0.15) is 5.82 Å². The van der Waals surface area contributed by atoms with E-state index in [-0.39, 0.29) is 11.7 Å². The number of carbonyl (C=O) groups excluding carboxylic acids is 1. The second-order valence-corrected chi connectivity index (χ2v) is 6.15. The van der Waals surface area contributed by atoms with Crippen LogP contribution in [0.5, 0.6) is 0 Å². The minimum atomic E-state index is -0.803. The maximum atomic E-state index is 14.4. The van der Waals surface area contributed by atoms with E-state index in [2.05, 4.69) is 10.6 Å². The van der Waals surface area contributed by atoms with Crippen molar-refractivity contribution in [1.29, 1.82) is 0 Å². The van der Waals surface area contributed by atoms with E-state index in [1.165, 1.54) is 6.07 Å². The lowest BCUT2D eigenvalue weighted by molar-refractivity contribution is -0.121. The predicted octanol–water partition coefficient (Wildman–Crippen LogP) is 3.40. The standard InChI is InChI=1S/C17H14ClFN2O/c18-11-5-3-6-12(19)14(11)15-17(8-9-20-15)10-4-1-2-7-13(10)21-16(17)22/h1-7,15,20H,8-9H2,(H,21,22). The molecule has 0 saturated carbocycles. The zero-order chi connectivity index (χ0) is 15.3. The van der Waals surface area contributed by atoms with Crippen molar-refractivity contribution in [2.75, 3.05) is 11.9 Å². The maximum Gasteiger partial charge on any atom is 0.237 e. The van der Waals surface area contributed by atoms with Crippen molar-refractivity contribution in [3.8, 4) is 0 Å². The number of hydrogen-bond acceptors (Lipinski definition) is 2. The summed E-state index contributed by atoms with van der Waals surface area (Å²) in [5.74, 6) is -0.480. The second-order valence-electron chi connectivity index (χ2n) is 5.74. The molecule has 1 amide bonds. The monoisotopic (exact) mass is 316 g/mol. The second kappa shape index (κ2) is 4.80. The first-order chi connectivity index (χ1) is 10.6. The molecule has 4 rings (SSSR count). The van der Waals surface area contributed by atoms with Gasteiger partial charge >= 0.3 is 0 Å². The van der Waals surface area contributed by atoms with Crippen LogP contribution in [-0.2, 0) is 10.2 Å². The van der Waals surface area contributed by atoms with Crippen molar-refractivity contribution in [2.45, 2.75) is 17.9 Å². The molecule has 0 bridgehead atoms. The molecule has 0 radical (unpaired) electrons. The fourth-order valence-corrected chi connectivity index (χ4v) is 4.01. The first-order valence-corrected chi connectivity index (χ1v) is 7.60. The van der Waals surface area contributed by atoms with E-state index in [9.17, 15) is 9.18 Å². The first-order valence-electron chi connectivity index (χ1n) is 7.23. The number of benzene rings is 2. The van der Waals surface area contributed by atoms with Gasteiger partial charge in [-0.1, -0.05) is 35.9 Å². The van der Waals surface area contributed by atoms with Gasteiger partial charge in [-0.05, 0) is 36.7 Å². The zero-order valence-corrected chi connectivity index (χ0v) is 12.5. The average molecular weight is 317 g/mol. The van der Waals surface area contributed by atoms with E-state index in [1.54, 1.807) is 12.1 Å². The quantitative estimate of drug-likeness (QED) is 0.846. The van der Waals surface area contributed by atoms with Gasteiger partial charge in [0.05, 0.1) is 11.5 Å². The van der Waals surface area contributed by atoms with Gasteiger partial charge in [-0.2, -0.15) is 0 Å². The Bertz CT molecular complexity index is 759. The van der Waals surface area contributed by atoms with Crippen LogP contribution in [0.2, 0.25) is 5.02 Å². The zero-order valence-electron chi connectivity index (χ0n) is 11.7. The lowest BCUT2D eigenvalue weighted by Crippen LogP contribution is -2.40. The summed E-state index contributed by atoms with van der Waals surface area (Å²) in [5, 5.41) is 6.54. The summed E-state index contributed by atoms with van der Waals surface area (Å²) < 4.78 is 14.4.